The summed E-state index contributed by atoms with van der Waals surface area (Å²) in [6.07, 6.45) is 1.87. The molecule has 0 atom stereocenters. The van der Waals surface area contributed by atoms with Crippen molar-refractivity contribution in [2.45, 2.75) is 19.8 Å². The fraction of sp³-hybridized carbons (Fsp3) is 0.333. The molecule has 6 heteroatoms. The lowest BCUT2D eigenvalue weighted by Crippen LogP contribution is -2.11. The van der Waals surface area contributed by atoms with Crippen molar-refractivity contribution >= 4 is 17.6 Å². The Hall–Kier alpha value is -2.01. The number of aryl methyl sites for hydroxylation is 1. The van der Waals surface area contributed by atoms with Crippen molar-refractivity contribution in [3.05, 3.63) is 34.0 Å². The van der Waals surface area contributed by atoms with Crippen LogP contribution in [-0.2, 0) is 13.5 Å². The van der Waals surface area contributed by atoms with Crippen LogP contribution in [0.5, 0.6) is 5.75 Å². The number of carbonyl (C=O) groups is 1. The molecule has 2 aromatic rings. The number of nitrogens with zero attached hydrogens (tertiary/aromatic N) is 2. The molecule has 1 aliphatic rings. The van der Waals surface area contributed by atoms with E-state index in [-0.39, 0.29) is 5.69 Å². The van der Waals surface area contributed by atoms with Gasteiger partial charge < -0.3 is 9.84 Å². The molecule has 0 unspecified atom stereocenters. The normalized spacial score (nSPS) is 13.7. The Balaban J connectivity index is 2.19. The van der Waals surface area contributed by atoms with Crippen LogP contribution in [0.25, 0.3) is 11.3 Å². The standard InChI is InChI=1S/C15H15ClN2O3/c1-8-9-4-3-5-21-14(9)11(16)6-10(8)13-7-12(15(19)20)17-18(13)2/h6-7H,3-5H2,1-2H3,(H,19,20). The van der Waals surface area contributed by atoms with Crippen LogP contribution in [0.1, 0.15) is 28.0 Å². The van der Waals surface area contributed by atoms with E-state index in [4.69, 9.17) is 21.4 Å². The van der Waals surface area contributed by atoms with Crippen LogP contribution < -0.4 is 4.74 Å². The van der Waals surface area contributed by atoms with Crippen LogP contribution in [0.2, 0.25) is 5.02 Å². The van der Waals surface area contributed by atoms with Crippen LogP contribution in [0.3, 0.4) is 0 Å². The molecule has 0 saturated heterocycles. The zero-order valence-corrected chi connectivity index (χ0v) is 12.6. The van der Waals surface area contributed by atoms with E-state index >= 15 is 0 Å². The molecular weight excluding hydrogens is 292 g/mol. The van der Waals surface area contributed by atoms with Crippen LogP contribution in [0.4, 0.5) is 0 Å². The maximum absolute atomic E-state index is 11.1. The highest BCUT2D eigenvalue weighted by Crippen LogP contribution is 2.40. The van der Waals surface area contributed by atoms with Gasteiger partial charge in [0.25, 0.3) is 0 Å². The topological polar surface area (TPSA) is 64.3 Å². The van der Waals surface area contributed by atoms with Gasteiger partial charge in [0.05, 0.1) is 17.3 Å². The van der Waals surface area contributed by atoms with Gasteiger partial charge in [-0.2, -0.15) is 5.10 Å². The summed E-state index contributed by atoms with van der Waals surface area (Å²) >= 11 is 6.32. The second-order valence-electron chi connectivity index (χ2n) is 5.13. The van der Waals surface area contributed by atoms with Crippen LogP contribution in [0, 0.1) is 6.92 Å². The summed E-state index contributed by atoms with van der Waals surface area (Å²) in [6, 6.07) is 3.39. The maximum Gasteiger partial charge on any atom is 0.356 e. The Morgan fingerprint density at radius 1 is 1.48 bits per heavy atom. The first-order chi connectivity index (χ1) is 9.99. The van der Waals surface area contributed by atoms with E-state index in [9.17, 15) is 4.79 Å². The smallest absolute Gasteiger partial charge is 0.356 e. The summed E-state index contributed by atoms with van der Waals surface area (Å²) < 4.78 is 7.22. The number of halogens is 1. The lowest BCUT2D eigenvalue weighted by Gasteiger charge is -2.22. The molecule has 1 N–H and O–H groups in total. The fourth-order valence-corrected chi connectivity index (χ4v) is 3.03. The highest BCUT2D eigenvalue weighted by atomic mass is 35.5. The third-order valence-corrected chi connectivity index (χ3v) is 4.09. The predicted octanol–water partition coefficient (Wildman–Crippen LogP) is 3.07. The number of aromatic carboxylic acids is 1. The molecule has 0 saturated carbocycles. The molecule has 3 rings (SSSR count). The molecule has 2 heterocycles. The molecule has 0 fully saturated rings. The third kappa shape index (κ3) is 2.27. The average molecular weight is 307 g/mol. The summed E-state index contributed by atoms with van der Waals surface area (Å²) in [7, 11) is 1.73. The Labute approximate surface area is 127 Å². The van der Waals surface area contributed by atoms with Gasteiger partial charge in [-0.25, -0.2) is 4.79 Å². The van der Waals surface area contributed by atoms with Crippen molar-refractivity contribution < 1.29 is 14.6 Å². The number of aromatic nitrogens is 2. The lowest BCUT2D eigenvalue weighted by atomic mass is 9.94. The largest absolute Gasteiger partial charge is 0.492 e. The Morgan fingerprint density at radius 3 is 2.90 bits per heavy atom. The molecular formula is C15H15ClN2O3. The van der Waals surface area contributed by atoms with Crippen molar-refractivity contribution in [3.63, 3.8) is 0 Å². The molecule has 5 nitrogen and oxygen atoms in total. The zero-order chi connectivity index (χ0) is 15.1. The first-order valence-electron chi connectivity index (χ1n) is 6.71. The summed E-state index contributed by atoms with van der Waals surface area (Å²) in [5, 5.41) is 13.6. The molecule has 1 aliphatic heterocycles. The summed E-state index contributed by atoms with van der Waals surface area (Å²) in [5.74, 6) is -0.285. The average Bonchev–Trinajstić information content (AvgIpc) is 2.85. The van der Waals surface area contributed by atoms with Gasteiger partial charge in [0.2, 0.25) is 0 Å². The number of benzene rings is 1. The second kappa shape index (κ2) is 5.07. The highest BCUT2D eigenvalue weighted by Gasteiger charge is 2.22. The van der Waals surface area contributed by atoms with Gasteiger partial charge in [0.15, 0.2) is 5.69 Å². The number of rotatable bonds is 2. The van der Waals surface area contributed by atoms with Crippen molar-refractivity contribution in [1.82, 2.24) is 9.78 Å². The molecule has 0 bridgehead atoms. The minimum atomic E-state index is -1.04. The van der Waals surface area contributed by atoms with E-state index < -0.39 is 5.97 Å². The number of hydrogen-bond acceptors (Lipinski definition) is 3. The van der Waals surface area contributed by atoms with Gasteiger partial charge >= 0.3 is 5.97 Å². The van der Waals surface area contributed by atoms with Gasteiger partial charge in [0, 0.05) is 12.6 Å². The SMILES string of the molecule is Cc1c(-c2cc(C(=O)O)nn2C)cc(Cl)c2c1CCCO2. The number of hydrogen-bond donors (Lipinski definition) is 1. The van der Waals surface area contributed by atoms with E-state index in [1.165, 1.54) is 0 Å². The van der Waals surface area contributed by atoms with Gasteiger partial charge in [0.1, 0.15) is 5.75 Å². The Kier molecular flexibility index (Phi) is 3.37. The van der Waals surface area contributed by atoms with Crippen LogP contribution in [0.15, 0.2) is 12.1 Å². The molecule has 1 aromatic heterocycles. The second-order valence-corrected chi connectivity index (χ2v) is 5.54. The molecule has 1 aromatic carbocycles. The fourth-order valence-electron chi connectivity index (χ4n) is 2.75. The molecule has 0 amide bonds. The predicted molar refractivity (Wildman–Crippen MR) is 79.2 cm³/mol. The van der Waals surface area contributed by atoms with Crippen molar-refractivity contribution in [2.24, 2.45) is 7.05 Å². The van der Waals surface area contributed by atoms with Gasteiger partial charge in [-0.1, -0.05) is 11.6 Å². The summed E-state index contributed by atoms with van der Waals surface area (Å²) in [6.45, 7) is 2.69. The maximum atomic E-state index is 11.1. The molecule has 0 radical (unpaired) electrons. The molecule has 0 spiro atoms. The highest BCUT2D eigenvalue weighted by molar-refractivity contribution is 6.32. The van der Waals surface area contributed by atoms with E-state index in [0.29, 0.717) is 11.6 Å². The van der Waals surface area contributed by atoms with Gasteiger partial charge in [-0.05, 0) is 43.0 Å². The number of ether oxygens (including phenoxy) is 1. The van der Waals surface area contributed by atoms with Crippen molar-refractivity contribution in [2.75, 3.05) is 6.61 Å². The van der Waals surface area contributed by atoms with Crippen LogP contribution >= 0.6 is 11.6 Å². The van der Waals surface area contributed by atoms with E-state index in [1.807, 2.05) is 13.0 Å². The van der Waals surface area contributed by atoms with E-state index in [1.54, 1.807) is 17.8 Å². The first-order valence-corrected chi connectivity index (χ1v) is 7.09. The van der Waals surface area contributed by atoms with Crippen molar-refractivity contribution in [1.29, 1.82) is 0 Å². The van der Waals surface area contributed by atoms with E-state index in [0.717, 1.165) is 41.0 Å². The Morgan fingerprint density at radius 2 is 2.24 bits per heavy atom. The lowest BCUT2D eigenvalue weighted by molar-refractivity contribution is 0.0689. The number of fused-ring (bicyclic) bond motifs is 1. The zero-order valence-electron chi connectivity index (χ0n) is 11.8. The molecule has 0 aliphatic carbocycles. The minimum Gasteiger partial charge on any atom is -0.492 e. The molecule has 110 valence electrons. The van der Waals surface area contributed by atoms with Gasteiger partial charge in [-0.15, -0.1) is 0 Å². The third-order valence-electron chi connectivity index (χ3n) is 3.81. The first kappa shape index (κ1) is 13.9. The van der Waals surface area contributed by atoms with E-state index in [2.05, 4.69) is 5.10 Å². The molecule has 21 heavy (non-hydrogen) atoms. The summed E-state index contributed by atoms with van der Waals surface area (Å²) in [5.41, 5.74) is 3.82. The Bertz CT molecular complexity index is 737. The number of carboxylic acids is 1. The summed E-state index contributed by atoms with van der Waals surface area (Å²) in [4.78, 5) is 11.1. The number of carboxylic acid groups (broad SMARTS) is 1. The van der Waals surface area contributed by atoms with Crippen LogP contribution in [-0.4, -0.2) is 27.5 Å². The quantitative estimate of drug-likeness (QED) is 0.926. The van der Waals surface area contributed by atoms with Crippen molar-refractivity contribution in [3.8, 4) is 17.0 Å². The van der Waals surface area contributed by atoms with Gasteiger partial charge in [-0.3, -0.25) is 4.68 Å². The monoisotopic (exact) mass is 306 g/mol. The minimum absolute atomic E-state index is 0.0250.